The normalized spacial score (nSPS) is 17.9. The number of benzene rings is 2. The Morgan fingerprint density at radius 2 is 1.82 bits per heavy atom. The van der Waals surface area contributed by atoms with Crippen molar-refractivity contribution in [3.8, 4) is 6.07 Å². The van der Waals surface area contributed by atoms with E-state index < -0.39 is 33.0 Å². The summed E-state index contributed by atoms with van der Waals surface area (Å²) in [6, 6.07) is 9.32. The second-order valence-corrected chi connectivity index (χ2v) is 10.1. The zero-order chi connectivity index (χ0) is 25.0. The Balaban J connectivity index is 1.64. The predicted octanol–water partition coefficient (Wildman–Crippen LogP) is 5.71. The number of nitrogens with zero attached hydrogens (tertiary/aromatic N) is 4. The molecular weight excluding hydrogens is 481 g/mol. The molecule has 1 aromatic heterocycles. The number of carbonyl (C=O) groups excluding carboxylic acids is 2. The fourth-order valence-electron chi connectivity index (χ4n) is 3.65. The summed E-state index contributed by atoms with van der Waals surface area (Å²) in [7, 11) is -9.85. The van der Waals surface area contributed by atoms with E-state index in [1.54, 1.807) is 6.92 Å². The van der Waals surface area contributed by atoms with Crippen LogP contribution < -0.4 is 10.2 Å². The molecule has 4 rings (SSSR count). The summed E-state index contributed by atoms with van der Waals surface area (Å²) in [5, 5.41) is 15.6. The van der Waals surface area contributed by atoms with E-state index in [1.807, 2.05) is 6.07 Å². The molecule has 0 bridgehead atoms. The minimum Gasteiger partial charge on any atom is -0.319 e. The van der Waals surface area contributed by atoms with E-state index in [4.69, 9.17) is 5.26 Å². The van der Waals surface area contributed by atoms with Gasteiger partial charge in [-0.2, -0.15) is 10.4 Å². The van der Waals surface area contributed by atoms with Gasteiger partial charge < -0.3 is 10.2 Å². The molecule has 34 heavy (non-hydrogen) atoms. The Kier molecular flexibility index (Phi) is 4.81. The maximum atomic E-state index is 13.2. The van der Waals surface area contributed by atoms with E-state index in [0.717, 1.165) is 17.0 Å². The first-order valence-electron chi connectivity index (χ1n) is 9.73. The Hall–Kier alpha value is -3.92. The molecule has 1 N–H and O–H groups in total. The highest BCUT2D eigenvalue weighted by Crippen LogP contribution is 3.02. The smallest absolute Gasteiger partial charge is 0.310 e. The molecule has 0 spiro atoms. The Labute approximate surface area is 190 Å². The molecule has 0 aliphatic carbocycles. The standard InChI is InChI=1S/C21H16F5N5O2S/c1-13-12-30-19(18(11-28-30)29-20(32)15-4-2-3-14(9-15)10-27)21(33)31(13)16-5-7-17(8-6-16)34(22,23,24,25)26/h2-9,11,13H,12H2,1H3,(H,29,32)/t13-/m0/s1. The molecule has 0 unspecified atom stereocenters. The fraction of sp³-hybridized carbons (Fsp3) is 0.143. The first kappa shape index (κ1) is 23.2. The first-order valence-corrected chi connectivity index (χ1v) is 11.7. The molecule has 0 saturated carbocycles. The van der Waals surface area contributed by atoms with Crippen LogP contribution in [0, 0.1) is 11.3 Å². The number of nitriles is 1. The lowest BCUT2D eigenvalue weighted by atomic mass is 10.1. The van der Waals surface area contributed by atoms with Crippen molar-refractivity contribution in [3.05, 3.63) is 71.5 Å². The Morgan fingerprint density at radius 1 is 1.15 bits per heavy atom. The molecule has 13 heteroatoms. The second kappa shape index (κ2) is 7.04. The number of hydrogen-bond acceptors (Lipinski definition) is 4. The van der Waals surface area contributed by atoms with Crippen molar-refractivity contribution in [2.45, 2.75) is 24.4 Å². The van der Waals surface area contributed by atoms with Crippen molar-refractivity contribution in [2.24, 2.45) is 0 Å². The van der Waals surface area contributed by atoms with Gasteiger partial charge in [0.2, 0.25) is 0 Å². The lowest BCUT2D eigenvalue weighted by molar-refractivity contribution is 0.0948. The van der Waals surface area contributed by atoms with Crippen LogP contribution in [0.1, 0.15) is 33.3 Å². The molecule has 1 aliphatic rings. The molecule has 0 saturated heterocycles. The van der Waals surface area contributed by atoms with Crippen LogP contribution in [0.2, 0.25) is 0 Å². The number of nitrogens with one attached hydrogen (secondary N) is 1. The van der Waals surface area contributed by atoms with Gasteiger partial charge >= 0.3 is 10.2 Å². The molecule has 2 aromatic carbocycles. The van der Waals surface area contributed by atoms with Gasteiger partial charge in [0.05, 0.1) is 36.1 Å². The average Bonchev–Trinajstić information content (AvgIpc) is 3.15. The highest BCUT2D eigenvalue weighted by Gasteiger charge is 2.65. The third-order valence-electron chi connectivity index (χ3n) is 5.20. The van der Waals surface area contributed by atoms with Crippen LogP contribution in [0.3, 0.4) is 0 Å². The van der Waals surface area contributed by atoms with Crippen molar-refractivity contribution in [1.82, 2.24) is 9.78 Å². The molecule has 0 fully saturated rings. The third-order valence-corrected chi connectivity index (χ3v) is 6.36. The number of anilines is 2. The van der Waals surface area contributed by atoms with Gasteiger partial charge in [0.25, 0.3) is 11.8 Å². The average molecular weight is 497 g/mol. The molecule has 1 aliphatic heterocycles. The number of rotatable bonds is 4. The summed E-state index contributed by atoms with van der Waals surface area (Å²) in [5.41, 5.74) is 0.432. The molecule has 178 valence electrons. The van der Waals surface area contributed by atoms with Gasteiger partial charge in [0, 0.05) is 11.3 Å². The van der Waals surface area contributed by atoms with Crippen molar-refractivity contribution in [1.29, 1.82) is 5.26 Å². The molecule has 2 amide bonds. The van der Waals surface area contributed by atoms with Gasteiger partial charge in [0.15, 0.2) is 0 Å². The van der Waals surface area contributed by atoms with Gasteiger partial charge in [0.1, 0.15) is 10.6 Å². The number of hydrogen-bond donors (Lipinski definition) is 1. The maximum Gasteiger partial charge on any atom is 0.310 e. The number of amides is 2. The number of carbonyl (C=O) groups is 2. The highest BCUT2D eigenvalue weighted by atomic mass is 32.5. The van der Waals surface area contributed by atoms with Gasteiger partial charge in [-0.25, -0.2) is 0 Å². The van der Waals surface area contributed by atoms with E-state index in [1.165, 1.54) is 35.1 Å². The monoisotopic (exact) mass is 497 g/mol. The first-order chi connectivity index (χ1) is 15.7. The summed E-state index contributed by atoms with van der Waals surface area (Å²) in [5.74, 6) is -1.29. The van der Waals surface area contributed by atoms with Crippen molar-refractivity contribution in [3.63, 3.8) is 0 Å². The summed E-state index contributed by atoms with van der Waals surface area (Å²) in [4.78, 5) is 25.0. The predicted molar refractivity (Wildman–Crippen MR) is 115 cm³/mol. The summed E-state index contributed by atoms with van der Waals surface area (Å²) < 4.78 is 66.6. The minimum absolute atomic E-state index is 0.0189. The van der Waals surface area contributed by atoms with Gasteiger partial charge in [-0.3, -0.25) is 14.3 Å². The van der Waals surface area contributed by atoms with Crippen LogP contribution >= 0.6 is 10.2 Å². The number of aromatic nitrogens is 2. The zero-order valence-corrected chi connectivity index (χ0v) is 18.2. The van der Waals surface area contributed by atoms with Crippen LogP contribution in [0.5, 0.6) is 0 Å². The van der Waals surface area contributed by atoms with Crippen molar-refractivity contribution < 1.29 is 29.0 Å². The summed E-state index contributed by atoms with van der Waals surface area (Å²) in [6.07, 6.45) is 1.26. The second-order valence-electron chi connectivity index (χ2n) is 7.72. The summed E-state index contributed by atoms with van der Waals surface area (Å²) in [6.45, 7) is 1.76. The van der Waals surface area contributed by atoms with E-state index in [2.05, 4.69) is 10.4 Å². The van der Waals surface area contributed by atoms with E-state index in [0.29, 0.717) is 0 Å². The Bertz CT molecular complexity index is 1360. The van der Waals surface area contributed by atoms with Crippen molar-refractivity contribution in [2.75, 3.05) is 10.2 Å². The molecular formula is C21H16F5N5O2S. The molecule has 7 nitrogen and oxygen atoms in total. The molecule has 2 heterocycles. The van der Waals surface area contributed by atoms with E-state index in [-0.39, 0.29) is 46.9 Å². The third kappa shape index (κ3) is 4.32. The van der Waals surface area contributed by atoms with Crippen molar-refractivity contribution >= 4 is 33.4 Å². The zero-order valence-electron chi connectivity index (χ0n) is 17.4. The van der Waals surface area contributed by atoms with Crippen LogP contribution in [-0.2, 0) is 6.54 Å². The topological polar surface area (TPSA) is 91.0 Å². The van der Waals surface area contributed by atoms with Crippen LogP contribution in [0.25, 0.3) is 0 Å². The fourth-order valence-corrected chi connectivity index (χ4v) is 4.30. The van der Waals surface area contributed by atoms with Gasteiger partial charge in [-0.1, -0.05) is 25.5 Å². The summed E-state index contributed by atoms with van der Waals surface area (Å²) >= 11 is 0. The molecule has 1 atom stereocenters. The quantitative estimate of drug-likeness (QED) is 0.467. The number of fused-ring (bicyclic) bond motifs is 1. The SMILES string of the molecule is C[C@H]1Cn2ncc(NC(=O)c3cccc(C#N)c3)c2C(=O)N1c1ccc(S(F)(F)(F)(F)F)cc1. The van der Waals surface area contributed by atoms with Gasteiger partial charge in [-0.05, 0) is 49.4 Å². The van der Waals surface area contributed by atoms with Crippen LogP contribution in [0.15, 0.2) is 59.6 Å². The molecule has 0 radical (unpaired) electrons. The minimum atomic E-state index is -9.85. The number of halogens is 5. The van der Waals surface area contributed by atoms with Gasteiger partial charge in [-0.15, -0.1) is 0 Å². The lowest BCUT2D eigenvalue weighted by Gasteiger charge is -2.41. The van der Waals surface area contributed by atoms with Crippen LogP contribution in [0.4, 0.5) is 30.8 Å². The Morgan fingerprint density at radius 3 is 2.44 bits per heavy atom. The lowest BCUT2D eigenvalue weighted by Crippen LogP contribution is -2.47. The molecule has 3 aromatic rings. The van der Waals surface area contributed by atoms with Crippen LogP contribution in [-0.4, -0.2) is 27.6 Å². The van der Waals surface area contributed by atoms with E-state index >= 15 is 0 Å². The van der Waals surface area contributed by atoms with E-state index in [9.17, 15) is 29.0 Å². The maximum absolute atomic E-state index is 13.2. The highest BCUT2D eigenvalue weighted by molar-refractivity contribution is 8.45. The largest absolute Gasteiger partial charge is 0.319 e.